The third-order valence-electron chi connectivity index (χ3n) is 3.17. The lowest BCUT2D eigenvalue weighted by Gasteiger charge is -2.19. The Labute approximate surface area is 108 Å². The molecule has 1 aromatic heterocycles. The van der Waals surface area contributed by atoms with Crippen LogP contribution in [0.3, 0.4) is 0 Å². The van der Waals surface area contributed by atoms with Crippen molar-refractivity contribution in [2.24, 2.45) is 0 Å². The third-order valence-corrected chi connectivity index (χ3v) is 3.17. The standard InChI is InChI=1S/C13H13F2N3O/c14-9-5-8(6-10(15)7-9)13-17-12(18-19-13)11-3-1-2-4-16-11/h5-7,11,16H,1-4H2. The molecule has 2 heterocycles. The maximum absolute atomic E-state index is 13.1. The molecule has 100 valence electrons. The van der Waals surface area contributed by atoms with Crippen LogP contribution in [0.2, 0.25) is 0 Å². The van der Waals surface area contributed by atoms with Gasteiger partial charge in [-0.2, -0.15) is 4.98 Å². The van der Waals surface area contributed by atoms with E-state index in [2.05, 4.69) is 15.5 Å². The van der Waals surface area contributed by atoms with Crippen LogP contribution in [0.1, 0.15) is 31.1 Å². The van der Waals surface area contributed by atoms with E-state index in [0.29, 0.717) is 5.82 Å². The molecule has 1 aliphatic heterocycles. The Morgan fingerprint density at radius 1 is 1.16 bits per heavy atom. The van der Waals surface area contributed by atoms with E-state index in [1.54, 1.807) is 0 Å². The molecule has 0 aliphatic carbocycles. The van der Waals surface area contributed by atoms with E-state index < -0.39 is 11.6 Å². The second-order valence-corrected chi connectivity index (χ2v) is 4.62. The van der Waals surface area contributed by atoms with Gasteiger partial charge in [0.15, 0.2) is 5.82 Å². The fourth-order valence-corrected chi connectivity index (χ4v) is 2.24. The highest BCUT2D eigenvalue weighted by Crippen LogP contribution is 2.24. The Bertz CT molecular complexity index is 559. The van der Waals surface area contributed by atoms with Crippen LogP contribution in [0.25, 0.3) is 11.5 Å². The number of hydrogen-bond donors (Lipinski definition) is 1. The molecule has 1 unspecified atom stereocenters. The number of nitrogens with zero attached hydrogens (tertiary/aromatic N) is 2. The molecule has 0 saturated carbocycles. The molecule has 19 heavy (non-hydrogen) atoms. The number of nitrogens with one attached hydrogen (secondary N) is 1. The maximum Gasteiger partial charge on any atom is 0.258 e. The minimum Gasteiger partial charge on any atom is -0.334 e. The van der Waals surface area contributed by atoms with Gasteiger partial charge in [-0.1, -0.05) is 11.6 Å². The average molecular weight is 265 g/mol. The van der Waals surface area contributed by atoms with Gasteiger partial charge in [0.05, 0.1) is 6.04 Å². The van der Waals surface area contributed by atoms with E-state index in [1.807, 2.05) is 0 Å². The van der Waals surface area contributed by atoms with Crippen molar-refractivity contribution in [1.29, 1.82) is 0 Å². The molecular formula is C13H13F2N3O. The lowest BCUT2D eigenvalue weighted by molar-refractivity contribution is 0.367. The van der Waals surface area contributed by atoms with Crippen LogP contribution in [-0.4, -0.2) is 16.7 Å². The van der Waals surface area contributed by atoms with E-state index in [4.69, 9.17) is 4.52 Å². The first-order valence-corrected chi connectivity index (χ1v) is 6.26. The number of aromatic nitrogens is 2. The molecule has 3 rings (SSSR count). The minimum absolute atomic E-state index is 0.0599. The molecule has 0 spiro atoms. The fraction of sp³-hybridized carbons (Fsp3) is 0.385. The molecule has 1 atom stereocenters. The summed E-state index contributed by atoms with van der Waals surface area (Å²) in [6.07, 6.45) is 3.18. The second kappa shape index (κ2) is 5.05. The van der Waals surface area contributed by atoms with Crippen LogP contribution in [0.4, 0.5) is 8.78 Å². The smallest absolute Gasteiger partial charge is 0.258 e. The van der Waals surface area contributed by atoms with Crippen molar-refractivity contribution in [2.45, 2.75) is 25.3 Å². The summed E-state index contributed by atoms with van der Waals surface area (Å²) in [7, 11) is 0. The summed E-state index contributed by atoms with van der Waals surface area (Å²) in [5, 5.41) is 7.17. The lowest BCUT2D eigenvalue weighted by atomic mass is 10.0. The molecule has 1 fully saturated rings. The molecule has 1 aromatic carbocycles. The van der Waals surface area contributed by atoms with Gasteiger partial charge in [-0.25, -0.2) is 8.78 Å². The summed E-state index contributed by atoms with van der Waals surface area (Å²) in [6, 6.07) is 3.22. The van der Waals surface area contributed by atoms with Crippen LogP contribution >= 0.6 is 0 Å². The van der Waals surface area contributed by atoms with Crippen LogP contribution in [-0.2, 0) is 0 Å². The van der Waals surface area contributed by atoms with Crippen molar-refractivity contribution in [3.8, 4) is 11.5 Å². The highest BCUT2D eigenvalue weighted by Gasteiger charge is 2.21. The van der Waals surface area contributed by atoms with Gasteiger partial charge in [-0.05, 0) is 31.5 Å². The van der Waals surface area contributed by atoms with Gasteiger partial charge in [0.2, 0.25) is 0 Å². The molecule has 0 amide bonds. The van der Waals surface area contributed by atoms with E-state index in [9.17, 15) is 8.78 Å². The first kappa shape index (κ1) is 12.2. The molecule has 4 nitrogen and oxygen atoms in total. The number of hydrogen-bond acceptors (Lipinski definition) is 4. The van der Waals surface area contributed by atoms with Crippen molar-refractivity contribution in [2.75, 3.05) is 6.54 Å². The minimum atomic E-state index is -0.662. The number of piperidine rings is 1. The largest absolute Gasteiger partial charge is 0.334 e. The summed E-state index contributed by atoms with van der Waals surface area (Å²) in [5.74, 6) is -0.642. The summed E-state index contributed by atoms with van der Waals surface area (Å²) in [5.41, 5.74) is 0.257. The molecular weight excluding hydrogens is 252 g/mol. The molecule has 0 bridgehead atoms. The zero-order chi connectivity index (χ0) is 13.2. The normalized spacial score (nSPS) is 19.6. The van der Waals surface area contributed by atoms with E-state index >= 15 is 0 Å². The van der Waals surface area contributed by atoms with Gasteiger partial charge < -0.3 is 9.84 Å². The Morgan fingerprint density at radius 3 is 2.63 bits per heavy atom. The molecule has 1 aliphatic rings. The van der Waals surface area contributed by atoms with Crippen LogP contribution in [0, 0.1) is 11.6 Å². The van der Waals surface area contributed by atoms with E-state index in [-0.39, 0.29) is 17.5 Å². The SMILES string of the molecule is Fc1cc(F)cc(-c2nc(C3CCCCN3)no2)c1. The van der Waals surface area contributed by atoms with Gasteiger partial charge >= 0.3 is 0 Å². The zero-order valence-corrected chi connectivity index (χ0v) is 10.2. The highest BCUT2D eigenvalue weighted by molar-refractivity contribution is 5.52. The number of benzene rings is 1. The zero-order valence-electron chi connectivity index (χ0n) is 10.2. The first-order chi connectivity index (χ1) is 9.22. The molecule has 0 radical (unpaired) electrons. The van der Waals surface area contributed by atoms with E-state index in [0.717, 1.165) is 31.9 Å². The Kier molecular flexibility index (Phi) is 3.25. The van der Waals surface area contributed by atoms with E-state index in [1.165, 1.54) is 12.1 Å². The van der Waals surface area contributed by atoms with Crippen molar-refractivity contribution in [1.82, 2.24) is 15.5 Å². The van der Waals surface area contributed by atoms with Crippen molar-refractivity contribution >= 4 is 0 Å². The van der Waals surface area contributed by atoms with Crippen LogP contribution in [0.15, 0.2) is 22.7 Å². The van der Waals surface area contributed by atoms with Gasteiger partial charge in [0.25, 0.3) is 5.89 Å². The molecule has 1 saturated heterocycles. The molecule has 1 N–H and O–H groups in total. The number of halogens is 2. The predicted molar refractivity (Wildman–Crippen MR) is 64.2 cm³/mol. The lowest BCUT2D eigenvalue weighted by Crippen LogP contribution is -2.27. The van der Waals surface area contributed by atoms with Crippen LogP contribution in [0.5, 0.6) is 0 Å². The van der Waals surface area contributed by atoms with Crippen LogP contribution < -0.4 is 5.32 Å². The van der Waals surface area contributed by atoms with Crippen molar-refractivity contribution < 1.29 is 13.3 Å². The highest BCUT2D eigenvalue weighted by atomic mass is 19.1. The van der Waals surface area contributed by atoms with Gasteiger partial charge in [0.1, 0.15) is 11.6 Å². The van der Waals surface area contributed by atoms with Crippen molar-refractivity contribution in [3.05, 3.63) is 35.7 Å². The second-order valence-electron chi connectivity index (χ2n) is 4.62. The van der Waals surface area contributed by atoms with Gasteiger partial charge in [-0.3, -0.25) is 0 Å². The average Bonchev–Trinajstić information content (AvgIpc) is 2.88. The Hall–Kier alpha value is -1.82. The topological polar surface area (TPSA) is 51.0 Å². The summed E-state index contributed by atoms with van der Waals surface area (Å²) < 4.78 is 31.3. The van der Waals surface area contributed by atoms with Crippen molar-refractivity contribution in [3.63, 3.8) is 0 Å². The predicted octanol–water partition coefficient (Wildman–Crippen LogP) is 2.83. The Balaban J connectivity index is 1.87. The monoisotopic (exact) mass is 265 g/mol. The Morgan fingerprint density at radius 2 is 1.95 bits per heavy atom. The summed E-state index contributed by atoms with van der Waals surface area (Å²) >= 11 is 0. The summed E-state index contributed by atoms with van der Waals surface area (Å²) in [4.78, 5) is 4.21. The molecule has 2 aromatic rings. The molecule has 6 heteroatoms. The van der Waals surface area contributed by atoms with Gasteiger partial charge in [-0.15, -0.1) is 0 Å². The maximum atomic E-state index is 13.1. The first-order valence-electron chi connectivity index (χ1n) is 6.26. The fourth-order valence-electron chi connectivity index (χ4n) is 2.24. The third kappa shape index (κ3) is 2.63. The number of rotatable bonds is 2. The quantitative estimate of drug-likeness (QED) is 0.907. The van der Waals surface area contributed by atoms with Gasteiger partial charge in [0, 0.05) is 11.6 Å². The summed E-state index contributed by atoms with van der Waals surface area (Å²) in [6.45, 7) is 0.920.